The van der Waals surface area contributed by atoms with Crippen molar-refractivity contribution in [3.63, 3.8) is 0 Å². The van der Waals surface area contributed by atoms with Crippen LogP contribution in [0.4, 0.5) is 0 Å². The average Bonchev–Trinajstić information content (AvgIpc) is 2.30. The zero-order valence-corrected chi connectivity index (χ0v) is 10.6. The first-order valence-electron chi connectivity index (χ1n) is 7.17. The molecular weight excluding hydrogens is 198 g/mol. The summed E-state index contributed by atoms with van der Waals surface area (Å²) in [5.74, 6) is 1.81. The van der Waals surface area contributed by atoms with Crippen LogP contribution in [0.3, 0.4) is 0 Å². The molecule has 2 aliphatic carbocycles. The van der Waals surface area contributed by atoms with Crippen LogP contribution in [0, 0.1) is 11.8 Å². The highest BCUT2D eigenvalue weighted by Gasteiger charge is 2.24. The van der Waals surface area contributed by atoms with Crippen LogP contribution in [-0.4, -0.2) is 23.8 Å². The Morgan fingerprint density at radius 2 is 1.69 bits per heavy atom. The van der Waals surface area contributed by atoms with E-state index in [9.17, 15) is 5.11 Å². The molecule has 0 aromatic carbocycles. The molecular formula is C14H27NO. The van der Waals surface area contributed by atoms with Gasteiger partial charge in [-0.15, -0.1) is 0 Å². The van der Waals surface area contributed by atoms with Crippen LogP contribution in [0.1, 0.15) is 58.3 Å². The normalized spacial score (nSPS) is 40.9. The first-order valence-corrected chi connectivity index (χ1v) is 7.17. The zero-order valence-electron chi connectivity index (χ0n) is 10.6. The molecule has 2 nitrogen and oxygen atoms in total. The molecule has 94 valence electrons. The van der Waals surface area contributed by atoms with Crippen LogP contribution in [0.15, 0.2) is 0 Å². The summed E-state index contributed by atoms with van der Waals surface area (Å²) in [6, 6.07) is 0.382. The molecule has 0 aromatic heterocycles. The molecule has 2 aliphatic rings. The Morgan fingerprint density at radius 3 is 2.38 bits per heavy atom. The number of rotatable bonds is 3. The van der Waals surface area contributed by atoms with Crippen molar-refractivity contribution in [1.29, 1.82) is 0 Å². The third-order valence-electron chi connectivity index (χ3n) is 4.53. The average molecular weight is 225 g/mol. The van der Waals surface area contributed by atoms with Gasteiger partial charge in [0.1, 0.15) is 0 Å². The second-order valence-electron chi connectivity index (χ2n) is 5.99. The standard InChI is InChI=1S/C14H27NO/c1-11-6-8-12(9-7-11)10-15-13-4-2-3-5-14(13)16/h11-16H,2-10H2,1H3/t11?,12?,13-,14-/m1/s1. The summed E-state index contributed by atoms with van der Waals surface area (Å²) in [6.45, 7) is 3.50. The monoisotopic (exact) mass is 225 g/mol. The largest absolute Gasteiger partial charge is 0.392 e. The van der Waals surface area contributed by atoms with Crippen LogP contribution in [0.2, 0.25) is 0 Å². The molecule has 2 heteroatoms. The van der Waals surface area contributed by atoms with Crippen molar-refractivity contribution in [2.75, 3.05) is 6.54 Å². The maximum Gasteiger partial charge on any atom is 0.0693 e. The predicted octanol–water partition coefficient (Wildman–Crippen LogP) is 2.71. The first-order chi connectivity index (χ1) is 7.75. The lowest BCUT2D eigenvalue weighted by atomic mass is 9.82. The maximum atomic E-state index is 9.88. The summed E-state index contributed by atoms with van der Waals surface area (Å²) in [4.78, 5) is 0. The van der Waals surface area contributed by atoms with Crippen molar-refractivity contribution in [3.8, 4) is 0 Å². The minimum absolute atomic E-state index is 0.0868. The van der Waals surface area contributed by atoms with Gasteiger partial charge < -0.3 is 10.4 Å². The highest BCUT2D eigenvalue weighted by molar-refractivity contribution is 4.82. The fourth-order valence-corrected chi connectivity index (χ4v) is 3.20. The molecule has 0 amide bonds. The summed E-state index contributed by atoms with van der Waals surface area (Å²) in [7, 11) is 0. The lowest BCUT2D eigenvalue weighted by Gasteiger charge is -2.32. The molecule has 2 N–H and O–H groups in total. The molecule has 16 heavy (non-hydrogen) atoms. The Balaban J connectivity index is 1.66. The molecule has 0 spiro atoms. The quantitative estimate of drug-likeness (QED) is 0.774. The predicted molar refractivity (Wildman–Crippen MR) is 67.4 cm³/mol. The van der Waals surface area contributed by atoms with Crippen LogP contribution in [0.5, 0.6) is 0 Å². The molecule has 0 aromatic rings. The van der Waals surface area contributed by atoms with Crippen molar-refractivity contribution in [1.82, 2.24) is 5.32 Å². The second-order valence-corrected chi connectivity index (χ2v) is 5.99. The second kappa shape index (κ2) is 6.02. The van der Waals surface area contributed by atoms with E-state index in [0.717, 1.165) is 24.8 Å². The van der Waals surface area contributed by atoms with Crippen LogP contribution < -0.4 is 5.32 Å². The maximum absolute atomic E-state index is 9.88. The molecule has 0 unspecified atom stereocenters. The van der Waals surface area contributed by atoms with Gasteiger partial charge in [-0.25, -0.2) is 0 Å². The van der Waals surface area contributed by atoms with E-state index in [1.807, 2.05) is 0 Å². The van der Waals surface area contributed by atoms with Crippen molar-refractivity contribution in [2.24, 2.45) is 11.8 Å². The van der Waals surface area contributed by atoms with Gasteiger partial charge in [-0.2, -0.15) is 0 Å². The fourth-order valence-electron chi connectivity index (χ4n) is 3.20. The molecule has 2 rings (SSSR count). The highest BCUT2D eigenvalue weighted by Crippen LogP contribution is 2.28. The van der Waals surface area contributed by atoms with Gasteiger partial charge >= 0.3 is 0 Å². The SMILES string of the molecule is CC1CCC(CN[C@@H]2CCCC[C@H]2O)CC1. The number of aliphatic hydroxyl groups excluding tert-OH is 1. The van der Waals surface area contributed by atoms with E-state index >= 15 is 0 Å². The van der Waals surface area contributed by atoms with E-state index in [0.29, 0.717) is 6.04 Å². The zero-order chi connectivity index (χ0) is 11.4. The minimum Gasteiger partial charge on any atom is -0.392 e. The summed E-state index contributed by atoms with van der Waals surface area (Å²) >= 11 is 0. The van der Waals surface area contributed by atoms with Crippen LogP contribution in [0.25, 0.3) is 0 Å². The topological polar surface area (TPSA) is 32.3 Å². The summed E-state index contributed by atoms with van der Waals surface area (Å²) in [5.41, 5.74) is 0. The van der Waals surface area contributed by atoms with Gasteiger partial charge in [-0.05, 0) is 44.1 Å². The van der Waals surface area contributed by atoms with Gasteiger partial charge in [0, 0.05) is 6.04 Å². The van der Waals surface area contributed by atoms with Gasteiger partial charge in [0.25, 0.3) is 0 Å². The van der Waals surface area contributed by atoms with E-state index in [1.165, 1.54) is 44.9 Å². The summed E-state index contributed by atoms with van der Waals surface area (Å²) in [5, 5.41) is 13.5. The molecule has 2 fully saturated rings. The van der Waals surface area contributed by atoms with E-state index < -0.39 is 0 Å². The van der Waals surface area contributed by atoms with Crippen molar-refractivity contribution >= 4 is 0 Å². The number of hydrogen-bond acceptors (Lipinski definition) is 2. The Kier molecular flexibility index (Phi) is 4.66. The number of hydrogen-bond donors (Lipinski definition) is 2. The van der Waals surface area contributed by atoms with Crippen LogP contribution >= 0.6 is 0 Å². The Labute approximate surface area is 99.8 Å². The first kappa shape index (κ1) is 12.4. The minimum atomic E-state index is -0.0868. The number of aliphatic hydroxyl groups is 1. The Bertz CT molecular complexity index is 199. The van der Waals surface area contributed by atoms with E-state index in [1.54, 1.807) is 0 Å². The summed E-state index contributed by atoms with van der Waals surface area (Å²) in [6.07, 6.45) is 10.2. The lowest BCUT2D eigenvalue weighted by Crippen LogP contribution is -2.44. The summed E-state index contributed by atoms with van der Waals surface area (Å²) < 4.78 is 0. The Morgan fingerprint density at radius 1 is 1.00 bits per heavy atom. The molecule has 2 saturated carbocycles. The Hall–Kier alpha value is -0.0800. The van der Waals surface area contributed by atoms with Crippen molar-refractivity contribution < 1.29 is 5.11 Å². The third-order valence-corrected chi connectivity index (χ3v) is 4.53. The van der Waals surface area contributed by atoms with Gasteiger partial charge in [0.05, 0.1) is 6.10 Å². The molecule has 0 bridgehead atoms. The fraction of sp³-hybridized carbons (Fsp3) is 1.00. The van der Waals surface area contributed by atoms with Gasteiger partial charge in [-0.1, -0.05) is 32.6 Å². The number of nitrogens with one attached hydrogen (secondary N) is 1. The highest BCUT2D eigenvalue weighted by atomic mass is 16.3. The van der Waals surface area contributed by atoms with Gasteiger partial charge in [0.2, 0.25) is 0 Å². The molecule has 0 aliphatic heterocycles. The van der Waals surface area contributed by atoms with Crippen molar-refractivity contribution in [2.45, 2.75) is 70.4 Å². The third kappa shape index (κ3) is 3.46. The molecule has 2 atom stereocenters. The molecule has 0 radical (unpaired) electrons. The van der Waals surface area contributed by atoms with E-state index in [2.05, 4.69) is 12.2 Å². The van der Waals surface area contributed by atoms with Crippen LogP contribution in [-0.2, 0) is 0 Å². The van der Waals surface area contributed by atoms with Crippen molar-refractivity contribution in [3.05, 3.63) is 0 Å². The molecule has 0 saturated heterocycles. The van der Waals surface area contributed by atoms with Gasteiger partial charge in [-0.3, -0.25) is 0 Å². The van der Waals surface area contributed by atoms with E-state index in [4.69, 9.17) is 0 Å². The van der Waals surface area contributed by atoms with E-state index in [-0.39, 0.29) is 6.10 Å². The smallest absolute Gasteiger partial charge is 0.0693 e. The molecule has 0 heterocycles. The van der Waals surface area contributed by atoms with Gasteiger partial charge in [0.15, 0.2) is 0 Å². The lowest BCUT2D eigenvalue weighted by molar-refractivity contribution is 0.0870.